The molecule has 0 radical (unpaired) electrons. The Morgan fingerprint density at radius 2 is 1.75 bits per heavy atom. The first-order valence-corrected chi connectivity index (χ1v) is 7.90. The van der Waals surface area contributed by atoms with Crippen molar-refractivity contribution in [3.63, 3.8) is 0 Å². The van der Waals surface area contributed by atoms with Gasteiger partial charge in [-0.15, -0.1) is 0 Å². The SMILES string of the molecule is Cc1ccc(NC(=O)CN[C@@H](c2ccccc2)c2ccco2)cc1. The van der Waals surface area contributed by atoms with E-state index in [0.717, 1.165) is 22.6 Å². The van der Waals surface area contributed by atoms with Gasteiger partial charge < -0.3 is 9.73 Å². The summed E-state index contributed by atoms with van der Waals surface area (Å²) in [7, 11) is 0. The summed E-state index contributed by atoms with van der Waals surface area (Å²) in [6, 6.07) is 21.3. The predicted molar refractivity (Wildman–Crippen MR) is 94.8 cm³/mol. The Kier molecular flexibility index (Phi) is 5.08. The Morgan fingerprint density at radius 1 is 1.00 bits per heavy atom. The second-order valence-corrected chi connectivity index (χ2v) is 5.65. The van der Waals surface area contributed by atoms with Crippen molar-refractivity contribution in [2.45, 2.75) is 13.0 Å². The third-order valence-corrected chi connectivity index (χ3v) is 3.76. The van der Waals surface area contributed by atoms with Crippen LogP contribution >= 0.6 is 0 Å². The number of carbonyl (C=O) groups excluding carboxylic acids is 1. The number of nitrogens with one attached hydrogen (secondary N) is 2. The number of benzene rings is 2. The molecule has 1 atom stereocenters. The number of amides is 1. The first-order valence-electron chi connectivity index (χ1n) is 7.90. The van der Waals surface area contributed by atoms with Gasteiger partial charge in [0, 0.05) is 5.69 Å². The zero-order valence-corrected chi connectivity index (χ0v) is 13.5. The van der Waals surface area contributed by atoms with Crippen LogP contribution in [0.5, 0.6) is 0 Å². The summed E-state index contributed by atoms with van der Waals surface area (Å²) in [5, 5.41) is 6.15. The van der Waals surface area contributed by atoms with Crippen molar-refractivity contribution in [3.05, 3.63) is 89.9 Å². The van der Waals surface area contributed by atoms with Crippen molar-refractivity contribution in [2.24, 2.45) is 0 Å². The highest BCUT2D eigenvalue weighted by Gasteiger charge is 2.17. The molecule has 122 valence electrons. The molecule has 0 aliphatic heterocycles. The monoisotopic (exact) mass is 320 g/mol. The highest BCUT2D eigenvalue weighted by molar-refractivity contribution is 5.92. The summed E-state index contributed by atoms with van der Waals surface area (Å²) in [6.07, 6.45) is 1.64. The third-order valence-electron chi connectivity index (χ3n) is 3.76. The van der Waals surface area contributed by atoms with Gasteiger partial charge in [0.05, 0.1) is 18.8 Å². The molecule has 0 spiro atoms. The van der Waals surface area contributed by atoms with Crippen LogP contribution in [0.25, 0.3) is 0 Å². The summed E-state index contributed by atoms with van der Waals surface area (Å²) in [5.41, 5.74) is 3.00. The summed E-state index contributed by atoms with van der Waals surface area (Å²) in [4.78, 5) is 12.2. The molecule has 1 heterocycles. The molecule has 0 bridgehead atoms. The van der Waals surface area contributed by atoms with Crippen LogP contribution in [0, 0.1) is 6.92 Å². The minimum absolute atomic E-state index is 0.0914. The third kappa shape index (κ3) is 4.12. The van der Waals surface area contributed by atoms with E-state index < -0.39 is 0 Å². The fraction of sp³-hybridized carbons (Fsp3) is 0.150. The van der Waals surface area contributed by atoms with Gasteiger partial charge >= 0.3 is 0 Å². The maximum Gasteiger partial charge on any atom is 0.238 e. The Labute approximate surface area is 141 Å². The van der Waals surface area contributed by atoms with Crippen LogP contribution < -0.4 is 10.6 Å². The Balaban J connectivity index is 1.65. The Morgan fingerprint density at radius 3 is 2.42 bits per heavy atom. The molecule has 2 aromatic carbocycles. The molecule has 0 aliphatic rings. The number of anilines is 1. The lowest BCUT2D eigenvalue weighted by Crippen LogP contribution is -2.31. The molecular formula is C20H20N2O2. The van der Waals surface area contributed by atoms with Crippen LogP contribution in [-0.4, -0.2) is 12.5 Å². The second-order valence-electron chi connectivity index (χ2n) is 5.65. The molecular weight excluding hydrogens is 300 g/mol. The van der Waals surface area contributed by atoms with Crippen LogP contribution in [0.3, 0.4) is 0 Å². The van der Waals surface area contributed by atoms with Gasteiger partial charge in [0.2, 0.25) is 5.91 Å². The van der Waals surface area contributed by atoms with Crippen molar-refractivity contribution >= 4 is 11.6 Å². The molecule has 0 saturated heterocycles. The number of furan rings is 1. The van der Waals surface area contributed by atoms with Crippen LogP contribution in [0.4, 0.5) is 5.69 Å². The lowest BCUT2D eigenvalue weighted by molar-refractivity contribution is -0.115. The normalized spacial score (nSPS) is 11.9. The molecule has 24 heavy (non-hydrogen) atoms. The van der Waals surface area contributed by atoms with Crippen molar-refractivity contribution in [2.75, 3.05) is 11.9 Å². The largest absolute Gasteiger partial charge is 0.467 e. The zero-order chi connectivity index (χ0) is 16.8. The number of rotatable bonds is 6. The number of hydrogen-bond donors (Lipinski definition) is 2. The maximum atomic E-state index is 12.2. The molecule has 0 saturated carbocycles. The molecule has 4 heteroatoms. The highest BCUT2D eigenvalue weighted by atomic mass is 16.3. The highest BCUT2D eigenvalue weighted by Crippen LogP contribution is 2.22. The van der Waals surface area contributed by atoms with Crippen LogP contribution in [0.1, 0.15) is 22.9 Å². The molecule has 0 unspecified atom stereocenters. The smallest absolute Gasteiger partial charge is 0.238 e. The molecule has 1 amide bonds. The van der Waals surface area contributed by atoms with Crippen molar-refractivity contribution in [3.8, 4) is 0 Å². The number of carbonyl (C=O) groups is 1. The van der Waals surface area contributed by atoms with E-state index in [1.54, 1.807) is 6.26 Å². The average molecular weight is 320 g/mol. The van der Waals surface area contributed by atoms with E-state index in [2.05, 4.69) is 10.6 Å². The van der Waals surface area contributed by atoms with E-state index >= 15 is 0 Å². The molecule has 3 rings (SSSR count). The van der Waals surface area contributed by atoms with Gasteiger partial charge in [0.25, 0.3) is 0 Å². The summed E-state index contributed by atoms with van der Waals surface area (Å²) < 4.78 is 5.52. The van der Waals surface area contributed by atoms with E-state index in [4.69, 9.17) is 4.42 Å². The number of aryl methyl sites for hydroxylation is 1. The first-order chi connectivity index (χ1) is 11.7. The van der Waals surface area contributed by atoms with Gasteiger partial charge in [-0.25, -0.2) is 0 Å². The lowest BCUT2D eigenvalue weighted by atomic mass is 10.0. The average Bonchev–Trinajstić information content (AvgIpc) is 3.12. The zero-order valence-electron chi connectivity index (χ0n) is 13.5. The lowest BCUT2D eigenvalue weighted by Gasteiger charge is -2.17. The van der Waals surface area contributed by atoms with E-state index in [-0.39, 0.29) is 18.5 Å². The molecule has 4 nitrogen and oxygen atoms in total. The van der Waals surface area contributed by atoms with E-state index in [0.29, 0.717) is 0 Å². The molecule has 0 fully saturated rings. The fourth-order valence-electron chi connectivity index (χ4n) is 2.52. The van der Waals surface area contributed by atoms with Gasteiger partial charge in [0.15, 0.2) is 0 Å². The predicted octanol–water partition coefficient (Wildman–Crippen LogP) is 3.91. The van der Waals surface area contributed by atoms with E-state index in [1.807, 2.05) is 73.7 Å². The van der Waals surface area contributed by atoms with Crippen molar-refractivity contribution in [1.29, 1.82) is 0 Å². The molecule has 1 aromatic heterocycles. The minimum atomic E-state index is -0.162. The van der Waals surface area contributed by atoms with Crippen molar-refractivity contribution < 1.29 is 9.21 Å². The topological polar surface area (TPSA) is 54.3 Å². The maximum absolute atomic E-state index is 12.2. The van der Waals surface area contributed by atoms with Crippen LogP contribution in [-0.2, 0) is 4.79 Å². The summed E-state index contributed by atoms with van der Waals surface area (Å²) in [6.45, 7) is 2.20. The van der Waals surface area contributed by atoms with E-state index in [9.17, 15) is 4.79 Å². The Bertz CT molecular complexity index is 765. The summed E-state index contributed by atoms with van der Waals surface area (Å²) >= 11 is 0. The van der Waals surface area contributed by atoms with Gasteiger partial charge in [-0.3, -0.25) is 10.1 Å². The van der Waals surface area contributed by atoms with Gasteiger partial charge in [-0.05, 0) is 36.8 Å². The first kappa shape index (κ1) is 16.0. The van der Waals surface area contributed by atoms with Crippen molar-refractivity contribution in [1.82, 2.24) is 5.32 Å². The standard InChI is InChI=1S/C20H20N2O2/c1-15-9-11-17(12-10-15)22-19(23)14-21-20(18-8-5-13-24-18)16-6-3-2-4-7-16/h2-13,20-21H,14H2,1H3,(H,22,23)/t20-/m0/s1. The Hall–Kier alpha value is -2.85. The van der Waals surface area contributed by atoms with Crippen LogP contribution in [0.15, 0.2) is 77.4 Å². The van der Waals surface area contributed by atoms with Gasteiger partial charge in [-0.2, -0.15) is 0 Å². The van der Waals surface area contributed by atoms with Gasteiger partial charge in [-0.1, -0.05) is 48.0 Å². The fourth-order valence-corrected chi connectivity index (χ4v) is 2.52. The molecule has 2 N–H and O–H groups in total. The molecule has 3 aromatic rings. The van der Waals surface area contributed by atoms with E-state index in [1.165, 1.54) is 0 Å². The molecule has 0 aliphatic carbocycles. The summed E-state index contributed by atoms with van der Waals surface area (Å²) in [5.74, 6) is 0.690. The second kappa shape index (κ2) is 7.62. The van der Waals surface area contributed by atoms with Gasteiger partial charge in [0.1, 0.15) is 5.76 Å². The number of hydrogen-bond acceptors (Lipinski definition) is 3. The quantitative estimate of drug-likeness (QED) is 0.724. The minimum Gasteiger partial charge on any atom is -0.467 e. The van der Waals surface area contributed by atoms with Crippen LogP contribution in [0.2, 0.25) is 0 Å².